The molecule has 0 saturated heterocycles. The predicted molar refractivity (Wildman–Crippen MR) is 81.6 cm³/mol. The van der Waals surface area contributed by atoms with E-state index in [1.165, 1.54) is 4.90 Å². The summed E-state index contributed by atoms with van der Waals surface area (Å²) in [5, 5.41) is 11.5. The van der Waals surface area contributed by atoms with Gasteiger partial charge in [0.2, 0.25) is 0 Å². The third-order valence-corrected chi connectivity index (χ3v) is 3.01. The highest BCUT2D eigenvalue weighted by Gasteiger charge is 2.10. The van der Waals surface area contributed by atoms with Gasteiger partial charge in [-0.1, -0.05) is 30.3 Å². The Hall–Kier alpha value is -2.82. The third-order valence-electron chi connectivity index (χ3n) is 3.01. The summed E-state index contributed by atoms with van der Waals surface area (Å²) in [6.45, 7) is 0. The number of urea groups is 1. The number of benzene rings is 2. The highest BCUT2D eigenvalue weighted by atomic mass is 16.4. The van der Waals surface area contributed by atoms with Crippen LogP contribution >= 0.6 is 0 Å². The number of rotatable bonds is 4. The Bertz CT molecular complexity index is 624. The fourth-order valence-corrected chi connectivity index (χ4v) is 1.86. The van der Waals surface area contributed by atoms with Crippen molar-refractivity contribution in [3.05, 3.63) is 60.2 Å². The summed E-state index contributed by atoms with van der Waals surface area (Å²) < 4.78 is 0. The van der Waals surface area contributed by atoms with Gasteiger partial charge in [-0.25, -0.2) is 4.79 Å². The summed E-state index contributed by atoms with van der Waals surface area (Å²) in [4.78, 5) is 24.2. The van der Waals surface area contributed by atoms with Gasteiger partial charge >= 0.3 is 12.0 Å². The zero-order chi connectivity index (χ0) is 15.2. The number of aliphatic carboxylic acids is 1. The lowest BCUT2D eigenvalue weighted by molar-refractivity contribution is -0.136. The minimum Gasteiger partial charge on any atom is -0.481 e. The predicted octanol–water partition coefficient (Wildman–Crippen LogP) is 2.98. The molecular formula is C16H16N2O3. The quantitative estimate of drug-likeness (QED) is 0.906. The Balaban J connectivity index is 2.01. The molecule has 5 heteroatoms. The minimum atomic E-state index is -0.879. The van der Waals surface area contributed by atoms with Crippen LogP contribution in [0.4, 0.5) is 16.2 Å². The number of nitrogens with one attached hydrogen (secondary N) is 1. The lowest BCUT2D eigenvalue weighted by atomic mass is 10.1. The highest BCUT2D eigenvalue weighted by molar-refractivity contribution is 6.01. The molecule has 0 fully saturated rings. The Morgan fingerprint density at radius 3 is 2.24 bits per heavy atom. The van der Waals surface area contributed by atoms with Crippen molar-refractivity contribution in [3.8, 4) is 0 Å². The first kappa shape index (κ1) is 14.6. The van der Waals surface area contributed by atoms with Crippen molar-refractivity contribution in [1.29, 1.82) is 0 Å². The van der Waals surface area contributed by atoms with Crippen LogP contribution in [0.25, 0.3) is 0 Å². The van der Waals surface area contributed by atoms with E-state index in [9.17, 15) is 9.59 Å². The van der Waals surface area contributed by atoms with E-state index in [0.29, 0.717) is 11.3 Å². The highest BCUT2D eigenvalue weighted by Crippen LogP contribution is 2.14. The fourth-order valence-electron chi connectivity index (χ4n) is 1.86. The number of carboxylic acids is 1. The Kier molecular flexibility index (Phi) is 4.56. The number of anilines is 2. The molecule has 2 rings (SSSR count). The van der Waals surface area contributed by atoms with Crippen LogP contribution < -0.4 is 10.2 Å². The molecule has 2 aromatic carbocycles. The number of carbonyl (C=O) groups is 2. The number of hydrogen-bond donors (Lipinski definition) is 2. The normalized spacial score (nSPS) is 9.95. The van der Waals surface area contributed by atoms with E-state index in [0.717, 1.165) is 5.69 Å². The lowest BCUT2D eigenvalue weighted by Crippen LogP contribution is -2.31. The van der Waals surface area contributed by atoms with Crippen LogP contribution in [0.3, 0.4) is 0 Å². The molecule has 0 saturated carbocycles. The molecule has 0 aliphatic heterocycles. The average Bonchev–Trinajstić information content (AvgIpc) is 2.49. The molecule has 0 bridgehead atoms. The minimum absolute atomic E-state index is 0.0296. The number of para-hydroxylation sites is 1. The van der Waals surface area contributed by atoms with Crippen molar-refractivity contribution in [2.24, 2.45) is 0 Å². The van der Waals surface area contributed by atoms with Crippen LogP contribution in [0.5, 0.6) is 0 Å². The summed E-state index contributed by atoms with van der Waals surface area (Å²) in [5.41, 5.74) is 2.10. The zero-order valence-corrected chi connectivity index (χ0v) is 11.6. The van der Waals surface area contributed by atoms with E-state index in [2.05, 4.69) is 5.32 Å². The molecule has 5 nitrogen and oxygen atoms in total. The molecular weight excluding hydrogens is 268 g/mol. The molecule has 0 aromatic heterocycles. The number of nitrogens with zero attached hydrogens (tertiary/aromatic N) is 1. The van der Waals surface area contributed by atoms with Gasteiger partial charge in [0.15, 0.2) is 0 Å². The third kappa shape index (κ3) is 4.07. The van der Waals surface area contributed by atoms with E-state index in [1.54, 1.807) is 31.3 Å². The fraction of sp³-hybridized carbons (Fsp3) is 0.125. The molecule has 0 heterocycles. The average molecular weight is 284 g/mol. The Morgan fingerprint density at radius 2 is 1.67 bits per heavy atom. The number of amides is 2. The monoisotopic (exact) mass is 284 g/mol. The van der Waals surface area contributed by atoms with Gasteiger partial charge in [-0.05, 0) is 29.8 Å². The first-order valence-electron chi connectivity index (χ1n) is 6.47. The van der Waals surface area contributed by atoms with Crippen molar-refractivity contribution >= 4 is 23.4 Å². The Morgan fingerprint density at radius 1 is 1.05 bits per heavy atom. The van der Waals surface area contributed by atoms with Gasteiger partial charge in [-0.3, -0.25) is 9.69 Å². The van der Waals surface area contributed by atoms with E-state index < -0.39 is 5.97 Å². The summed E-state index contributed by atoms with van der Waals surface area (Å²) in [5.74, 6) is -0.879. The van der Waals surface area contributed by atoms with Crippen LogP contribution in [-0.4, -0.2) is 24.2 Å². The number of hydrogen-bond acceptors (Lipinski definition) is 2. The summed E-state index contributed by atoms with van der Waals surface area (Å²) in [6, 6.07) is 15.8. The molecule has 21 heavy (non-hydrogen) atoms. The van der Waals surface area contributed by atoms with Crippen LogP contribution in [0.2, 0.25) is 0 Å². The summed E-state index contributed by atoms with van der Waals surface area (Å²) >= 11 is 0. The number of carboxylic acid groups (broad SMARTS) is 1. The molecule has 0 spiro atoms. The maximum atomic E-state index is 12.1. The van der Waals surface area contributed by atoms with Gasteiger partial charge in [-0.2, -0.15) is 0 Å². The van der Waals surface area contributed by atoms with Crippen molar-refractivity contribution in [2.75, 3.05) is 17.3 Å². The molecule has 0 atom stereocenters. The van der Waals surface area contributed by atoms with E-state index in [1.807, 2.05) is 30.3 Å². The van der Waals surface area contributed by atoms with Gasteiger partial charge in [0.25, 0.3) is 0 Å². The lowest BCUT2D eigenvalue weighted by Gasteiger charge is -2.18. The van der Waals surface area contributed by atoms with E-state index >= 15 is 0 Å². The van der Waals surface area contributed by atoms with Gasteiger partial charge in [0.05, 0.1) is 6.42 Å². The molecule has 0 radical (unpaired) electrons. The first-order chi connectivity index (χ1) is 10.1. The molecule has 0 aliphatic carbocycles. The molecule has 2 N–H and O–H groups in total. The maximum Gasteiger partial charge on any atom is 0.326 e. The van der Waals surface area contributed by atoms with Gasteiger partial charge in [0.1, 0.15) is 0 Å². The summed E-state index contributed by atoms with van der Waals surface area (Å²) in [7, 11) is 1.68. The van der Waals surface area contributed by atoms with Crippen LogP contribution in [0.1, 0.15) is 5.56 Å². The second-order valence-corrected chi connectivity index (χ2v) is 4.59. The standard InChI is InChI=1S/C16H16N2O3/c1-18(14-5-3-2-4-6-14)16(21)17-13-9-7-12(8-10-13)11-15(19)20/h2-10H,11H2,1H3,(H,17,21)(H,19,20). The second kappa shape index (κ2) is 6.56. The summed E-state index contributed by atoms with van der Waals surface area (Å²) in [6.07, 6.45) is -0.0296. The van der Waals surface area contributed by atoms with Gasteiger partial charge in [0, 0.05) is 18.4 Å². The molecule has 108 valence electrons. The molecule has 2 aromatic rings. The van der Waals surface area contributed by atoms with E-state index in [4.69, 9.17) is 5.11 Å². The maximum absolute atomic E-state index is 12.1. The van der Waals surface area contributed by atoms with Gasteiger partial charge in [-0.15, -0.1) is 0 Å². The number of carbonyl (C=O) groups excluding carboxylic acids is 1. The second-order valence-electron chi connectivity index (χ2n) is 4.59. The molecule has 2 amide bonds. The van der Waals surface area contributed by atoms with Crippen molar-refractivity contribution in [3.63, 3.8) is 0 Å². The van der Waals surface area contributed by atoms with Crippen LogP contribution in [-0.2, 0) is 11.2 Å². The zero-order valence-electron chi connectivity index (χ0n) is 11.6. The molecule has 0 unspecified atom stereocenters. The van der Waals surface area contributed by atoms with Crippen molar-refractivity contribution < 1.29 is 14.7 Å². The Labute approximate surface area is 122 Å². The van der Waals surface area contributed by atoms with Gasteiger partial charge < -0.3 is 10.4 Å². The SMILES string of the molecule is CN(C(=O)Nc1ccc(CC(=O)O)cc1)c1ccccc1. The smallest absolute Gasteiger partial charge is 0.326 e. The molecule has 0 aliphatic rings. The van der Waals surface area contributed by atoms with Crippen molar-refractivity contribution in [1.82, 2.24) is 0 Å². The van der Waals surface area contributed by atoms with Crippen molar-refractivity contribution in [2.45, 2.75) is 6.42 Å². The largest absolute Gasteiger partial charge is 0.481 e. The van der Waals surface area contributed by atoms with Crippen LogP contribution in [0.15, 0.2) is 54.6 Å². The van der Waals surface area contributed by atoms with E-state index in [-0.39, 0.29) is 12.5 Å². The van der Waals surface area contributed by atoms with Crippen LogP contribution in [0, 0.1) is 0 Å². The first-order valence-corrected chi connectivity index (χ1v) is 6.47. The topological polar surface area (TPSA) is 69.6 Å².